The van der Waals surface area contributed by atoms with E-state index in [1.807, 2.05) is 6.07 Å². The predicted octanol–water partition coefficient (Wildman–Crippen LogP) is 1.63. The second-order valence-corrected chi connectivity index (χ2v) is 5.88. The predicted molar refractivity (Wildman–Crippen MR) is 86.7 cm³/mol. The van der Waals surface area contributed by atoms with Crippen molar-refractivity contribution in [2.45, 2.75) is 32.9 Å². The molecule has 20 heavy (non-hydrogen) atoms. The summed E-state index contributed by atoms with van der Waals surface area (Å²) in [5.41, 5.74) is 7.65. The van der Waals surface area contributed by atoms with E-state index >= 15 is 0 Å². The van der Waals surface area contributed by atoms with Crippen LogP contribution in [0.2, 0.25) is 0 Å². The zero-order chi connectivity index (χ0) is 14.5. The van der Waals surface area contributed by atoms with Gasteiger partial charge in [-0.3, -0.25) is 14.8 Å². The van der Waals surface area contributed by atoms with Crippen molar-refractivity contribution in [3.8, 4) is 0 Å². The maximum absolute atomic E-state index is 5.74. The molecule has 4 nitrogen and oxygen atoms in total. The van der Waals surface area contributed by atoms with Gasteiger partial charge in [0.1, 0.15) is 10.7 Å². The van der Waals surface area contributed by atoms with E-state index < -0.39 is 0 Å². The number of thiocarbonyl (C=S) groups is 1. The topological polar surface area (TPSA) is 45.4 Å². The quantitative estimate of drug-likeness (QED) is 0.836. The molecule has 1 unspecified atom stereocenters. The Labute approximate surface area is 127 Å². The number of hydrogen-bond acceptors (Lipinski definition) is 4. The molecule has 110 valence electrons. The van der Waals surface area contributed by atoms with Crippen molar-refractivity contribution >= 4 is 17.2 Å². The summed E-state index contributed by atoms with van der Waals surface area (Å²) < 4.78 is 0. The van der Waals surface area contributed by atoms with Gasteiger partial charge in [-0.1, -0.05) is 25.2 Å². The van der Waals surface area contributed by atoms with Gasteiger partial charge in [-0.05, 0) is 25.0 Å². The molecule has 5 heteroatoms. The van der Waals surface area contributed by atoms with Crippen LogP contribution in [0.15, 0.2) is 18.3 Å². The summed E-state index contributed by atoms with van der Waals surface area (Å²) in [6, 6.07) is 4.71. The van der Waals surface area contributed by atoms with Crippen molar-refractivity contribution in [3.05, 3.63) is 29.6 Å². The Bertz CT molecular complexity index is 455. The van der Waals surface area contributed by atoms with Crippen LogP contribution >= 0.6 is 12.2 Å². The Morgan fingerprint density at radius 2 is 2.10 bits per heavy atom. The SMILES string of the molecule is CCC(C)N1CCN(Cc2cccnc2C(N)=S)CC1. The molecule has 1 aliphatic rings. The molecule has 0 amide bonds. The van der Waals surface area contributed by atoms with Crippen LogP contribution in [-0.4, -0.2) is 52.0 Å². The molecular formula is C15H24N4S. The van der Waals surface area contributed by atoms with Crippen molar-refractivity contribution in [1.82, 2.24) is 14.8 Å². The maximum atomic E-state index is 5.74. The standard InChI is InChI=1S/C15H24N4S/c1-3-12(2)19-9-7-18(8-10-19)11-13-5-4-6-17-14(13)15(16)20/h4-6,12H,3,7-11H2,1-2H3,(H2,16,20). The molecule has 1 aromatic rings. The van der Waals surface area contributed by atoms with Gasteiger partial charge in [-0.15, -0.1) is 0 Å². The van der Waals surface area contributed by atoms with Gasteiger partial charge in [-0.25, -0.2) is 0 Å². The van der Waals surface area contributed by atoms with Crippen molar-refractivity contribution in [2.75, 3.05) is 26.2 Å². The lowest BCUT2D eigenvalue weighted by Gasteiger charge is -2.38. The first kappa shape index (κ1) is 15.4. The third-order valence-electron chi connectivity index (χ3n) is 4.14. The summed E-state index contributed by atoms with van der Waals surface area (Å²) in [5, 5.41) is 0. The lowest BCUT2D eigenvalue weighted by Crippen LogP contribution is -2.49. The third kappa shape index (κ3) is 3.75. The molecule has 1 aliphatic heterocycles. The highest BCUT2D eigenvalue weighted by Gasteiger charge is 2.21. The molecule has 2 rings (SSSR count). The second-order valence-electron chi connectivity index (χ2n) is 5.44. The first-order chi connectivity index (χ1) is 9.61. The minimum Gasteiger partial charge on any atom is -0.388 e. The molecular weight excluding hydrogens is 268 g/mol. The first-order valence-electron chi connectivity index (χ1n) is 7.32. The number of pyridine rings is 1. The van der Waals surface area contributed by atoms with Crippen molar-refractivity contribution < 1.29 is 0 Å². The number of hydrogen-bond donors (Lipinski definition) is 1. The molecule has 1 fully saturated rings. The van der Waals surface area contributed by atoms with Crippen LogP contribution in [0, 0.1) is 0 Å². The normalized spacial score (nSPS) is 18.9. The van der Waals surface area contributed by atoms with Gasteiger partial charge in [0, 0.05) is 45.0 Å². The molecule has 0 spiro atoms. The minimum atomic E-state index is 0.388. The molecule has 0 saturated carbocycles. The minimum absolute atomic E-state index is 0.388. The number of nitrogens with two attached hydrogens (primary N) is 1. The number of nitrogens with zero attached hydrogens (tertiary/aromatic N) is 3. The number of piperazine rings is 1. The highest BCUT2D eigenvalue weighted by molar-refractivity contribution is 7.80. The van der Waals surface area contributed by atoms with Gasteiger partial charge in [0.2, 0.25) is 0 Å². The molecule has 1 saturated heterocycles. The summed E-state index contributed by atoms with van der Waals surface area (Å²) in [6.07, 6.45) is 2.97. The van der Waals surface area contributed by atoms with E-state index in [0.717, 1.165) is 44.0 Å². The van der Waals surface area contributed by atoms with E-state index in [1.54, 1.807) is 6.20 Å². The van der Waals surface area contributed by atoms with Gasteiger partial charge in [-0.2, -0.15) is 0 Å². The van der Waals surface area contributed by atoms with Gasteiger partial charge >= 0.3 is 0 Å². The lowest BCUT2D eigenvalue weighted by molar-refractivity contribution is 0.0963. The molecule has 0 bridgehead atoms. The molecule has 0 aromatic carbocycles. The number of aromatic nitrogens is 1. The smallest absolute Gasteiger partial charge is 0.123 e. The molecule has 2 N–H and O–H groups in total. The van der Waals surface area contributed by atoms with Crippen LogP contribution in [0.4, 0.5) is 0 Å². The molecule has 0 radical (unpaired) electrons. The van der Waals surface area contributed by atoms with Gasteiger partial charge in [0.15, 0.2) is 0 Å². The summed E-state index contributed by atoms with van der Waals surface area (Å²) in [5.74, 6) is 0. The lowest BCUT2D eigenvalue weighted by atomic mass is 10.1. The van der Waals surface area contributed by atoms with E-state index in [9.17, 15) is 0 Å². The number of rotatable bonds is 5. The Morgan fingerprint density at radius 1 is 1.40 bits per heavy atom. The van der Waals surface area contributed by atoms with Gasteiger partial charge in [0.05, 0.1) is 0 Å². The van der Waals surface area contributed by atoms with E-state index in [4.69, 9.17) is 18.0 Å². The summed E-state index contributed by atoms with van der Waals surface area (Å²) in [4.78, 5) is 9.70. The van der Waals surface area contributed by atoms with Crippen molar-refractivity contribution in [3.63, 3.8) is 0 Å². The highest BCUT2D eigenvalue weighted by atomic mass is 32.1. The van der Waals surface area contributed by atoms with Crippen LogP contribution in [0.25, 0.3) is 0 Å². The summed E-state index contributed by atoms with van der Waals surface area (Å²) >= 11 is 5.07. The monoisotopic (exact) mass is 292 g/mol. The second kappa shape index (κ2) is 7.11. The fourth-order valence-corrected chi connectivity index (χ4v) is 2.83. The van der Waals surface area contributed by atoms with Crippen molar-refractivity contribution in [1.29, 1.82) is 0 Å². The first-order valence-corrected chi connectivity index (χ1v) is 7.72. The van der Waals surface area contributed by atoms with E-state index in [2.05, 4.69) is 34.7 Å². The zero-order valence-electron chi connectivity index (χ0n) is 12.4. The molecule has 2 heterocycles. The van der Waals surface area contributed by atoms with Crippen LogP contribution in [0.3, 0.4) is 0 Å². The Hall–Kier alpha value is -1.04. The summed E-state index contributed by atoms with van der Waals surface area (Å²) in [6.45, 7) is 9.90. The van der Waals surface area contributed by atoms with Crippen LogP contribution in [-0.2, 0) is 6.54 Å². The molecule has 1 atom stereocenters. The highest BCUT2D eigenvalue weighted by Crippen LogP contribution is 2.13. The summed E-state index contributed by atoms with van der Waals surface area (Å²) in [7, 11) is 0. The average molecular weight is 292 g/mol. The average Bonchev–Trinajstić information content (AvgIpc) is 2.47. The van der Waals surface area contributed by atoms with Crippen LogP contribution < -0.4 is 5.73 Å². The molecule has 0 aliphatic carbocycles. The Morgan fingerprint density at radius 3 is 2.70 bits per heavy atom. The largest absolute Gasteiger partial charge is 0.388 e. The Kier molecular flexibility index (Phi) is 5.46. The maximum Gasteiger partial charge on any atom is 0.123 e. The van der Waals surface area contributed by atoms with E-state index in [0.29, 0.717) is 11.0 Å². The zero-order valence-corrected chi connectivity index (χ0v) is 13.2. The van der Waals surface area contributed by atoms with Crippen LogP contribution in [0.1, 0.15) is 31.5 Å². The molecule has 1 aromatic heterocycles. The van der Waals surface area contributed by atoms with E-state index in [1.165, 1.54) is 6.42 Å². The van der Waals surface area contributed by atoms with Gasteiger partial charge < -0.3 is 5.73 Å². The van der Waals surface area contributed by atoms with E-state index in [-0.39, 0.29) is 0 Å². The fourth-order valence-electron chi connectivity index (χ4n) is 2.65. The van der Waals surface area contributed by atoms with Crippen LogP contribution in [0.5, 0.6) is 0 Å². The van der Waals surface area contributed by atoms with Gasteiger partial charge in [0.25, 0.3) is 0 Å². The third-order valence-corrected chi connectivity index (χ3v) is 4.33. The van der Waals surface area contributed by atoms with Crippen molar-refractivity contribution in [2.24, 2.45) is 5.73 Å². The fraction of sp³-hybridized carbons (Fsp3) is 0.600. The Balaban J connectivity index is 1.95.